The van der Waals surface area contributed by atoms with Gasteiger partial charge in [0.1, 0.15) is 28.7 Å². The number of carbonyl (C=O) groups excluding carboxylic acids is 1. The topological polar surface area (TPSA) is 151 Å². The molecule has 0 radical (unpaired) electrons. The van der Waals surface area contributed by atoms with Gasteiger partial charge in [0.25, 0.3) is 0 Å². The highest BCUT2D eigenvalue weighted by Gasteiger charge is 2.43. The number of amides is 1. The molecule has 2 aliphatic heterocycles. The first kappa shape index (κ1) is 31.0. The summed E-state index contributed by atoms with van der Waals surface area (Å²) in [6, 6.07) is 4.55. The molecule has 13 heteroatoms. The molecule has 0 unspecified atom stereocenters. The van der Waals surface area contributed by atoms with Crippen LogP contribution in [0.5, 0.6) is 6.01 Å². The van der Waals surface area contributed by atoms with Crippen LogP contribution < -0.4 is 15.4 Å². The minimum absolute atomic E-state index is 0.0577. The van der Waals surface area contributed by atoms with Crippen molar-refractivity contribution in [1.82, 2.24) is 29.9 Å². The van der Waals surface area contributed by atoms with E-state index in [9.17, 15) is 10.1 Å². The van der Waals surface area contributed by atoms with Crippen LogP contribution in [-0.2, 0) is 16.6 Å². The molecule has 1 amide bonds. The van der Waals surface area contributed by atoms with E-state index in [1.165, 1.54) is 17.4 Å². The van der Waals surface area contributed by atoms with Crippen molar-refractivity contribution in [2.45, 2.75) is 89.4 Å². The Balaban J connectivity index is 1.37. The van der Waals surface area contributed by atoms with Crippen LogP contribution in [0.3, 0.4) is 0 Å². The Hall–Kier alpha value is -4.02. The predicted octanol–water partition coefficient (Wildman–Crippen LogP) is 4.16. The second-order valence-electron chi connectivity index (χ2n) is 12.8. The molecule has 3 aliphatic rings. The van der Waals surface area contributed by atoms with E-state index in [-0.39, 0.29) is 36.1 Å². The summed E-state index contributed by atoms with van der Waals surface area (Å²) in [5.41, 5.74) is 7.47. The Bertz CT molecular complexity index is 1630. The highest BCUT2D eigenvalue weighted by atomic mass is 32.1. The van der Waals surface area contributed by atoms with Crippen LogP contribution in [0.1, 0.15) is 75.3 Å². The van der Waals surface area contributed by atoms with Gasteiger partial charge in [0, 0.05) is 47.7 Å². The van der Waals surface area contributed by atoms with Crippen LogP contribution in [0.4, 0.5) is 10.8 Å². The molecule has 0 saturated carbocycles. The monoisotopic (exact) mass is 631 g/mol. The number of anilines is 2. The molecule has 3 aromatic rings. The number of fused-ring (bicyclic) bond motifs is 1. The van der Waals surface area contributed by atoms with Crippen LogP contribution in [0, 0.1) is 11.3 Å². The lowest BCUT2D eigenvalue weighted by molar-refractivity contribution is -0.130. The molecule has 5 atom stereocenters. The number of piperazine rings is 1. The first-order valence-electron chi connectivity index (χ1n) is 15.7. The fourth-order valence-corrected chi connectivity index (χ4v) is 8.62. The van der Waals surface area contributed by atoms with E-state index in [4.69, 9.17) is 29.9 Å². The number of aromatic nitrogens is 4. The number of nitrogen functional groups attached to an aromatic ring is 1. The SMILES string of the molecule is C=CC(=O)N1[C@H](C)CN(c2cc(-c3noc([C@@]4(C)CCCc5sc(N)c(C#N)c54)n3)nc(O[C@@H](C)[C@@H]3CCCN3C)n2)C[C@H]1C. The summed E-state index contributed by atoms with van der Waals surface area (Å²) in [6.45, 7) is 14.0. The van der Waals surface area contributed by atoms with Crippen LogP contribution in [0.2, 0.25) is 0 Å². The number of ether oxygens (including phenoxy) is 1. The average Bonchev–Trinajstić information content (AvgIpc) is 3.75. The molecule has 1 aliphatic carbocycles. The van der Waals surface area contributed by atoms with Gasteiger partial charge in [0.2, 0.25) is 17.6 Å². The normalized spacial score (nSPS) is 25.9. The van der Waals surface area contributed by atoms with Gasteiger partial charge in [-0.25, -0.2) is 0 Å². The molecule has 0 spiro atoms. The average molecular weight is 632 g/mol. The van der Waals surface area contributed by atoms with Crippen molar-refractivity contribution in [1.29, 1.82) is 5.26 Å². The van der Waals surface area contributed by atoms with Crippen LogP contribution in [0.25, 0.3) is 11.5 Å². The standard InChI is InChI=1S/C32H41N9O3S/c1-7-26(42)41-18(2)16-40(17-19(41)3)25-14-22(35-31(36-25)43-20(4)23-10-9-13-39(23)6)29-37-30(44-38-29)32(5)12-8-11-24-27(32)21(15-33)28(34)45-24/h7,14,18-20,23H,1,8-13,16-17,34H2,2-6H3/t18-,19-,20+,23+,32+/m1/s1. The Labute approximate surface area is 267 Å². The molecular formula is C32H41N9O3S. The number of likely N-dealkylation sites (tertiary alicyclic amines) is 1. The predicted molar refractivity (Wildman–Crippen MR) is 172 cm³/mol. The van der Waals surface area contributed by atoms with Gasteiger partial charge >= 0.3 is 6.01 Å². The Kier molecular flexibility index (Phi) is 8.30. The van der Waals surface area contributed by atoms with Gasteiger partial charge in [-0.3, -0.25) is 9.69 Å². The van der Waals surface area contributed by atoms with Crippen LogP contribution >= 0.6 is 11.3 Å². The first-order chi connectivity index (χ1) is 21.5. The summed E-state index contributed by atoms with van der Waals surface area (Å²) < 4.78 is 12.3. The van der Waals surface area contributed by atoms with Gasteiger partial charge in [-0.2, -0.15) is 20.2 Å². The zero-order chi connectivity index (χ0) is 32.0. The summed E-state index contributed by atoms with van der Waals surface area (Å²) in [6.07, 6.45) is 5.96. The molecule has 12 nitrogen and oxygen atoms in total. The zero-order valence-corrected chi connectivity index (χ0v) is 27.4. The van der Waals surface area contributed by atoms with Crippen molar-refractivity contribution in [3.63, 3.8) is 0 Å². The van der Waals surface area contributed by atoms with Crippen molar-refractivity contribution < 1.29 is 14.1 Å². The number of rotatable bonds is 7. The van der Waals surface area contributed by atoms with Crippen molar-refractivity contribution in [2.24, 2.45) is 0 Å². The number of aryl methyl sites for hydroxylation is 1. The van der Waals surface area contributed by atoms with Gasteiger partial charge in [0.15, 0.2) is 0 Å². The minimum Gasteiger partial charge on any atom is -0.459 e. The maximum Gasteiger partial charge on any atom is 0.319 e. The highest BCUT2D eigenvalue weighted by Crippen LogP contribution is 2.48. The molecule has 238 valence electrons. The van der Waals surface area contributed by atoms with E-state index in [2.05, 4.69) is 41.6 Å². The quantitative estimate of drug-likeness (QED) is 0.375. The lowest BCUT2D eigenvalue weighted by atomic mass is 9.72. The second kappa shape index (κ2) is 12.1. The lowest BCUT2D eigenvalue weighted by Crippen LogP contribution is -2.58. The number of likely N-dealkylation sites (N-methyl/N-ethyl adjacent to an activating group) is 1. The van der Waals surface area contributed by atoms with Crippen molar-refractivity contribution >= 4 is 28.1 Å². The van der Waals surface area contributed by atoms with Crippen molar-refractivity contribution in [3.05, 3.63) is 40.6 Å². The maximum absolute atomic E-state index is 12.6. The number of nitrogens with two attached hydrogens (primary N) is 1. The van der Waals surface area contributed by atoms with Crippen molar-refractivity contribution in [2.75, 3.05) is 37.3 Å². The van der Waals surface area contributed by atoms with E-state index in [0.29, 0.717) is 46.9 Å². The summed E-state index contributed by atoms with van der Waals surface area (Å²) in [4.78, 5) is 34.5. The summed E-state index contributed by atoms with van der Waals surface area (Å²) in [5, 5.41) is 14.8. The van der Waals surface area contributed by atoms with Gasteiger partial charge < -0.3 is 24.8 Å². The minimum atomic E-state index is -0.645. The van der Waals surface area contributed by atoms with Crippen molar-refractivity contribution in [3.8, 4) is 23.6 Å². The van der Waals surface area contributed by atoms with E-state index >= 15 is 0 Å². The summed E-state index contributed by atoms with van der Waals surface area (Å²) in [7, 11) is 2.12. The highest BCUT2D eigenvalue weighted by molar-refractivity contribution is 7.16. The first-order valence-corrected chi connectivity index (χ1v) is 16.5. The van der Waals surface area contributed by atoms with Crippen LogP contribution in [0.15, 0.2) is 23.2 Å². The number of hydrogen-bond acceptors (Lipinski definition) is 12. The lowest BCUT2D eigenvalue weighted by Gasteiger charge is -2.44. The van der Waals surface area contributed by atoms with Crippen LogP contribution in [-0.4, -0.2) is 86.7 Å². The van der Waals surface area contributed by atoms with E-state index in [0.717, 1.165) is 49.1 Å². The summed E-state index contributed by atoms with van der Waals surface area (Å²) in [5.74, 6) is 1.33. The third-order valence-corrected chi connectivity index (χ3v) is 10.7. The molecule has 2 saturated heterocycles. The third-order valence-electron chi connectivity index (χ3n) is 9.65. The smallest absolute Gasteiger partial charge is 0.319 e. The molecule has 5 heterocycles. The number of carbonyl (C=O) groups is 1. The summed E-state index contributed by atoms with van der Waals surface area (Å²) >= 11 is 1.47. The fourth-order valence-electron chi connectivity index (χ4n) is 7.43. The van der Waals surface area contributed by atoms with Gasteiger partial charge in [-0.05, 0) is 79.5 Å². The fraction of sp³-hybridized carbons (Fsp3) is 0.562. The largest absolute Gasteiger partial charge is 0.459 e. The molecule has 2 fully saturated rings. The molecule has 45 heavy (non-hydrogen) atoms. The van der Waals surface area contributed by atoms with Gasteiger partial charge in [-0.15, -0.1) is 11.3 Å². The Morgan fingerprint density at radius 1 is 1.29 bits per heavy atom. The van der Waals surface area contributed by atoms with E-state index < -0.39 is 5.41 Å². The molecule has 0 bridgehead atoms. The number of nitrogens with zero attached hydrogens (tertiary/aromatic N) is 8. The Morgan fingerprint density at radius 3 is 2.71 bits per heavy atom. The second-order valence-corrected chi connectivity index (χ2v) is 14.0. The van der Waals surface area contributed by atoms with Gasteiger partial charge in [0.05, 0.1) is 11.0 Å². The molecular weight excluding hydrogens is 590 g/mol. The zero-order valence-electron chi connectivity index (χ0n) is 26.6. The number of thiophene rings is 1. The third kappa shape index (κ3) is 5.55. The number of nitriles is 1. The molecule has 3 aromatic heterocycles. The molecule has 6 rings (SSSR count). The van der Waals surface area contributed by atoms with Gasteiger partial charge in [-0.1, -0.05) is 11.7 Å². The Morgan fingerprint density at radius 2 is 2.04 bits per heavy atom. The number of hydrogen-bond donors (Lipinski definition) is 1. The van der Waals surface area contributed by atoms with E-state index in [1.807, 2.05) is 31.7 Å². The molecule has 0 aromatic carbocycles. The molecule has 2 N–H and O–H groups in total. The maximum atomic E-state index is 12.6. The van der Waals surface area contributed by atoms with E-state index in [1.54, 1.807) is 0 Å².